The van der Waals surface area contributed by atoms with Crippen LogP contribution in [0.2, 0.25) is 0 Å². The van der Waals surface area contributed by atoms with E-state index >= 15 is 0 Å². The van der Waals surface area contributed by atoms with Gasteiger partial charge in [-0.15, -0.1) is 17.3 Å². The number of thiophene rings is 1. The van der Waals surface area contributed by atoms with Crippen LogP contribution < -0.4 is 9.06 Å². The molecule has 2 aliphatic rings. The SMILES string of the molecule is C=C/C=C1/C(C#CC)=c2sc3c(c2C1CI)CC=3. The van der Waals surface area contributed by atoms with Crippen molar-refractivity contribution in [1.29, 1.82) is 0 Å². The normalized spacial score (nSPS) is 21.6. The lowest BCUT2D eigenvalue weighted by atomic mass is 9.91. The number of allylic oxidation sites excluding steroid dienone is 3. The zero-order chi connectivity index (χ0) is 12.7. The van der Waals surface area contributed by atoms with Crippen LogP contribution in [0.1, 0.15) is 24.0 Å². The third-order valence-corrected chi connectivity index (χ3v) is 5.65. The lowest BCUT2D eigenvalue weighted by Gasteiger charge is -2.15. The van der Waals surface area contributed by atoms with Gasteiger partial charge in [-0.1, -0.05) is 53.3 Å². The molecule has 0 radical (unpaired) electrons. The molecule has 0 amide bonds. The van der Waals surface area contributed by atoms with E-state index in [1.165, 1.54) is 20.2 Å². The maximum absolute atomic E-state index is 3.85. The molecular formula is C16H13IS. The maximum atomic E-state index is 3.85. The highest BCUT2D eigenvalue weighted by molar-refractivity contribution is 14.1. The summed E-state index contributed by atoms with van der Waals surface area (Å²) >= 11 is 4.40. The molecule has 2 heteroatoms. The third-order valence-electron chi connectivity index (χ3n) is 3.51. The lowest BCUT2D eigenvalue weighted by molar-refractivity contribution is 0.956. The first-order valence-corrected chi connectivity index (χ1v) is 8.33. The van der Waals surface area contributed by atoms with Crippen LogP contribution in [-0.4, -0.2) is 4.43 Å². The Bertz CT molecular complexity index is 735. The van der Waals surface area contributed by atoms with Gasteiger partial charge in [-0.3, -0.25) is 0 Å². The number of fused-ring (bicyclic) bond motifs is 3. The van der Waals surface area contributed by atoms with Gasteiger partial charge in [0.2, 0.25) is 0 Å². The van der Waals surface area contributed by atoms with Crippen molar-refractivity contribution in [2.75, 3.05) is 4.43 Å². The molecule has 0 bridgehead atoms. The highest BCUT2D eigenvalue weighted by atomic mass is 127. The van der Waals surface area contributed by atoms with E-state index in [0.717, 1.165) is 10.8 Å². The predicted octanol–water partition coefficient (Wildman–Crippen LogP) is 2.90. The van der Waals surface area contributed by atoms with Gasteiger partial charge in [-0.25, -0.2) is 0 Å². The van der Waals surface area contributed by atoms with Crippen molar-refractivity contribution >= 4 is 45.6 Å². The van der Waals surface area contributed by atoms with Crippen molar-refractivity contribution in [3.8, 4) is 11.8 Å². The van der Waals surface area contributed by atoms with Crippen LogP contribution in [0.25, 0.3) is 11.6 Å². The lowest BCUT2D eigenvalue weighted by Crippen LogP contribution is -2.15. The molecule has 0 aromatic carbocycles. The summed E-state index contributed by atoms with van der Waals surface area (Å²) in [6.07, 6.45) is 7.50. The summed E-state index contributed by atoms with van der Waals surface area (Å²) < 4.78 is 4.00. The predicted molar refractivity (Wildman–Crippen MR) is 88.5 cm³/mol. The Morgan fingerprint density at radius 1 is 1.61 bits per heavy atom. The maximum Gasteiger partial charge on any atom is 0.0477 e. The molecule has 1 unspecified atom stereocenters. The Kier molecular flexibility index (Phi) is 3.21. The molecule has 1 aromatic rings. The second kappa shape index (κ2) is 4.71. The molecule has 0 spiro atoms. The highest BCUT2D eigenvalue weighted by Crippen LogP contribution is 2.38. The fraction of sp³-hybridized carbons (Fsp3) is 0.250. The van der Waals surface area contributed by atoms with Gasteiger partial charge < -0.3 is 0 Å². The van der Waals surface area contributed by atoms with Gasteiger partial charge >= 0.3 is 0 Å². The molecule has 0 saturated heterocycles. The molecule has 3 rings (SSSR count). The van der Waals surface area contributed by atoms with Crippen LogP contribution in [0.4, 0.5) is 0 Å². The zero-order valence-electron chi connectivity index (χ0n) is 10.2. The minimum Gasteiger partial charge on any atom is -0.135 e. The molecule has 18 heavy (non-hydrogen) atoms. The molecule has 0 fully saturated rings. The first-order valence-electron chi connectivity index (χ1n) is 5.99. The quantitative estimate of drug-likeness (QED) is 0.430. The Morgan fingerprint density at radius 2 is 2.44 bits per heavy atom. The van der Waals surface area contributed by atoms with Crippen molar-refractivity contribution < 1.29 is 0 Å². The fourth-order valence-electron chi connectivity index (χ4n) is 2.69. The molecule has 1 heterocycles. The van der Waals surface area contributed by atoms with Crippen molar-refractivity contribution in [3.05, 3.63) is 44.5 Å². The number of hydrogen-bond acceptors (Lipinski definition) is 1. The minimum atomic E-state index is 0.517. The average Bonchev–Trinajstić information content (AvgIpc) is 2.74. The van der Waals surface area contributed by atoms with Crippen LogP contribution in [0.15, 0.2) is 24.3 Å². The third kappa shape index (κ3) is 1.57. The van der Waals surface area contributed by atoms with Gasteiger partial charge in [0.15, 0.2) is 0 Å². The molecule has 2 aliphatic carbocycles. The first kappa shape index (κ1) is 12.3. The Labute approximate surface area is 125 Å². The van der Waals surface area contributed by atoms with E-state index < -0.39 is 0 Å². The molecule has 0 nitrogen and oxygen atoms in total. The van der Waals surface area contributed by atoms with Crippen LogP contribution in [-0.2, 0) is 6.42 Å². The van der Waals surface area contributed by atoms with E-state index in [1.54, 1.807) is 11.1 Å². The molecular weight excluding hydrogens is 351 g/mol. The first-order chi connectivity index (χ1) is 8.81. The van der Waals surface area contributed by atoms with Crippen LogP contribution in [0.5, 0.6) is 0 Å². The van der Waals surface area contributed by atoms with Crippen LogP contribution >= 0.6 is 33.9 Å². The molecule has 0 saturated carbocycles. The zero-order valence-corrected chi connectivity index (χ0v) is 13.2. The van der Waals surface area contributed by atoms with Gasteiger partial charge in [0.25, 0.3) is 0 Å². The standard InChI is InChI=1S/C16H13IS/c1-3-5-10-11(6-4-2)16-15(13(10)9-17)12-7-8-14(12)18-16/h3,5,8,13H,1,7,9H2,2H3/b10-5-. The topological polar surface area (TPSA) is 0 Å². The second-order valence-electron chi connectivity index (χ2n) is 4.41. The molecule has 90 valence electrons. The summed E-state index contributed by atoms with van der Waals surface area (Å²) in [7, 11) is 0. The number of hydrogen-bond donors (Lipinski definition) is 0. The van der Waals surface area contributed by atoms with E-state index in [4.69, 9.17) is 0 Å². The van der Waals surface area contributed by atoms with Crippen molar-refractivity contribution in [2.45, 2.75) is 19.3 Å². The van der Waals surface area contributed by atoms with Crippen molar-refractivity contribution in [3.63, 3.8) is 0 Å². The van der Waals surface area contributed by atoms with Crippen LogP contribution in [0.3, 0.4) is 0 Å². The summed E-state index contributed by atoms with van der Waals surface area (Å²) in [6.45, 7) is 5.76. The van der Waals surface area contributed by atoms with Crippen molar-refractivity contribution in [2.24, 2.45) is 0 Å². The van der Waals surface area contributed by atoms with E-state index in [9.17, 15) is 0 Å². The molecule has 1 atom stereocenters. The van der Waals surface area contributed by atoms with Gasteiger partial charge in [0.05, 0.1) is 0 Å². The van der Waals surface area contributed by atoms with E-state index in [0.29, 0.717) is 5.92 Å². The highest BCUT2D eigenvalue weighted by Gasteiger charge is 2.32. The summed E-state index contributed by atoms with van der Waals surface area (Å²) in [5, 5.41) is 0. The van der Waals surface area contributed by atoms with E-state index in [-0.39, 0.29) is 0 Å². The minimum absolute atomic E-state index is 0.517. The van der Waals surface area contributed by atoms with Gasteiger partial charge in [-0.05, 0) is 30.0 Å². The summed E-state index contributed by atoms with van der Waals surface area (Å²) in [5.41, 5.74) is 5.73. The number of halogens is 1. The summed E-state index contributed by atoms with van der Waals surface area (Å²) in [6, 6.07) is 0. The fourth-order valence-corrected chi connectivity index (χ4v) is 4.96. The van der Waals surface area contributed by atoms with Gasteiger partial charge in [0.1, 0.15) is 0 Å². The molecule has 0 aliphatic heterocycles. The monoisotopic (exact) mass is 364 g/mol. The van der Waals surface area contributed by atoms with Crippen molar-refractivity contribution in [1.82, 2.24) is 0 Å². The van der Waals surface area contributed by atoms with E-state index in [1.807, 2.05) is 24.3 Å². The Balaban J connectivity index is 2.36. The number of rotatable bonds is 2. The van der Waals surface area contributed by atoms with E-state index in [2.05, 4.69) is 53.2 Å². The smallest absolute Gasteiger partial charge is 0.0477 e. The average molecular weight is 364 g/mol. The number of alkyl halides is 1. The van der Waals surface area contributed by atoms with Gasteiger partial charge in [-0.2, -0.15) is 0 Å². The largest absolute Gasteiger partial charge is 0.135 e. The summed E-state index contributed by atoms with van der Waals surface area (Å²) in [5.74, 6) is 6.89. The van der Waals surface area contributed by atoms with Crippen LogP contribution in [0, 0.1) is 11.8 Å². The van der Waals surface area contributed by atoms with Gasteiger partial charge in [0, 0.05) is 25.0 Å². The molecule has 0 N–H and O–H groups in total. The Hall–Kier alpha value is -0.790. The summed E-state index contributed by atoms with van der Waals surface area (Å²) in [4.78, 5) is 0. The second-order valence-corrected chi connectivity index (χ2v) is 6.34. The Morgan fingerprint density at radius 3 is 3.00 bits per heavy atom. The molecule has 1 aromatic heterocycles.